The van der Waals surface area contributed by atoms with Gasteiger partial charge in [-0.1, -0.05) is 31.2 Å². The molecule has 0 spiro atoms. The maximum atomic E-state index is 12.1. The number of nitrogens with zero attached hydrogens (tertiary/aromatic N) is 1. The van der Waals surface area contributed by atoms with Gasteiger partial charge in [0.15, 0.2) is 0 Å². The van der Waals surface area contributed by atoms with Crippen LogP contribution in [0.2, 0.25) is 0 Å². The van der Waals surface area contributed by atoms with Crippen LogP contribution in [0.15, 0.2) is 24.3 Å². The lowest BCUT2D eigenvalue weighted by molar-refractivity contribution is 0.309. The first kappa shape index (κ1) is 12.6. The minimum absolute atomic E-state index is 0.0708. The summed E-state index contributed by atoms with van der Waals surface area (Å²) in [4.78, 5) is 0. The van der Waals surface area contributed by atoms with Gasteiger partial charge in [-0.3, -0.25) is 0 Å². The fraction of sp³-hybridized carbons (Fsp3) is 0.538. The molecule has 17 heavy (non-hydrogen) atoms. The monoisotopic (exact) mass is 253 g/mol. The van der Waals surface area contributed by atoms with Crippen LogP contribution >= 0.6 is 0 Å². The van der Waals surface area contributed by atoms with E-state index in [1.54, 1.807) is 4.31 Å². The molecule has 3 nitrogen and oxygen atoms in total. The fourth-order valence-electron chi connectivity index (χ4n) is 2.40. The van der Waals surface area contributed by atoms with Crippen LogP contribution in [0, 0.1) is 0 Å². The van der Waals surface area contributed by atoms with Crippen LogP contribution < -0.4 is 0 Å². The summed E-state index contributed by atoms with van der Waals surface area (Å²) in [6.45, 7) is 4.42. The summed E-state index contributed by atoms with van der Waals surface area (Å²) in [7, 11) is -3.09. The molecule has 4 heteroatoms. The summed E-state index contributed by atoms with van der Waals surface area (Å²) >= 11 is 0. The highest BCUT2D eigenvalue weighted by Gasteiger charge is 2.30. The van der Waals surface area contributed by atoms with E-state index in [1.165, 1.54) is 5.56 Å². The van der Waals surface area contributed by atoms with Crippen molar-refractivity contribution < 1.29 is 8.42 Å². The molecule has 1 aromatic carbocycles. The highest BCUT2D eigenvalue weighted by molar-refractivity contribution is 7.89. The van der Waals surface area contributed by atoms with E-state index in [2.05, 4.69) is 6.07 Å². The molecule has 0 radical (unpaired) electrons. The zero-order chi connectivity index (χ0) is 12.5. The first-order valence-corrected chi connectivity index (χ1v) is 7.72. The molecule has 0 bridgehead atoms. The van der Waals surface area contributed by atoms with E-state index in [0.29, 0.717) is 13.0 Å². The number of benzene rings is 1. The van der Waals surface area contributed by atoms with Crippen LogP contribution in [0.3, 0.4) is 0 Å². The molecule has 1 heterocycles. The average Bonchev–Trinajstić information content (AvgIpc) is 2.27. The predicted octanol–water partition coefficient (Wildman–Crippen LogP) is 2.17. The van der Waals surface area contributed by atoms with Gasteiger partial charge in [0.05, 0.1) is 5.75 Å². The van der Waals surface area contributed by atoms with Gasteiger partial charge >= 0.3 is 0 Å². The zero-order valence-corrected chi connectivity index (χ0v) is 11.2. The Hall–Kier alpha value is -0.870. The number of hydrogen-bond acceptors (Lipinski definition) is 2. The van der Waals surface area contributed by atoms with Crippen molar-refractivity contribution >= 4 is 10.0 Å². The smallest absolute Gasteiger partial charge is 0.212 e. The van der Waals surface area contributed by atoms with Crippen molar-refractivity contribution in [3.8, 4) is 0 Å². The molecular weight excluding hydrogens is 234 g/mol. The van der Waals surface area contributed by atoms with E-state index in [0.717, 1.165) is 12.0 Å². The van der Waals surface area contributed by atoms with Crippen LogP contribution in [0.5, 0.6) is 0 Å². The van der Waals surface area contributed by atoms with Crippen molar-refractivity contribution in [1.29, 1.82) is 0 Å². The summed E-state index contributed by atoms with van der Waals surface area (Å²) in [5, 5.41) is 0. The summed E-state index contributed by atoms with van der Waals surface area (Å²) in [5.41, 5.74) is 2.42. The van der Waals surface area contributed by atoms with Crippen molar-refractivity contribution in [2.24, 2.45) is 0 Å². The largest absolute Gasteiger partial charge is 0.214 e. The molecule has 0 amide bonds. The first-order chi connectivity index (χ1) is 8.04. The Bertz CT molecular complexity index is 496. The minimum Gasteiger partial charge on any atom is -0.212 e. The van der Waals surface area contributed by atoms with Crippen molar-refractivity contribution in [2.75, 3.05) is 5.75 Å². The molecule has 1 atom stereocenters. The molecule has 0 saturated heterocycles. The van der Waals surface area contributed by atoms with E-state index >= 15 is 0 Å². The van der Waals surface area contributed by atoms with Gasteiger partial charge in [-0.15, -0.1) is 0 Å². The van der Waals surface area contributed by atoms with Crippen molar-refractivity contribution in [3.05, 3.63) is 35.4 Å². The van der Waals surface area contributed by atoms with Crippen LogP contribution in [-0.4, -0.2) is 24.5 Å². The summed E-state index contributed by atoms with van der Waals surface area (Å²) in [6, 6.07) is 8.17. The molecular formula is C13H19NO2S. The second-order valence-corrected chi connectivity index (χ2v) is 6.72. The second-order valence-electron chi connectivity index (χ2n) is 4.68. The average molecular weight is 253 g/mol. The summed E-state index contributed by atoms with van der Waals surface area (Å²) < 4.78 is 25.9. The zero-order valence-electron chi connectivity index (χ0n) is 10.4. The molecule has 1 unspecified atom stereocenters. The first-order valence-electron chi connectivity index (χ1n) is 6.11. The number of hydrogen-bond donors (Lipinski definition) is 0. The van der Waals surface area contributed by atoms with Gasteiger partial charge in [-0.25, -0.2) is 8.42 Å². The third-order valence-electron chi connectivity index (χ3n) is 3.27. The van der Waals surface area contributed by atoms with Gasteiger partial charge in [0, 0.05) is 12.6 Å². The van der Waals surface area contributed by atoms with Gasteiger partial charge in [-0.2, -0.15) is 4.31 Å². The van der Waals surface area contributed by atoms with E-state index in [1.807, 2.05) is 32.0 Å². The number of fused-ring (bicyclic) bond motifs is 1. The quantitative estimate of drug-likeness (QED) is 0.828. The lowest BCUT2D eigenvalue weighted by atomic mass is 9.97. The molecule has 94 valence electrons. The van der Waals surface area contributed by atoms with Gasteiger partial charge < -0.3 is 0 Å². The Morgan fingerprint density at radius 3 is 2.59 bits per heavy atom. The molecule has 2 rings (SSSR count). The molecule has 1 aromatic rings. The van der Waals surface area contributed by atoms with Gasteiger partial charge in [0.25, 0.3) is 0 Å². The van der Waals surface area contributed by atoms with Gasteiger partial charge in [-0.05, 0) is 30.9 Å². The SMILES string of the molecule is CCCS(=O)(=O)N1Cc2ccccc2CC1C. The lowest BCUT2D eigenvalue weighted by Gasteiger charge is -2.33. The Labute approximate surface area is 104 Å². The molecule has 0 saturated carbocycles. The normalized spacial score (nSPS) is 21.2. The van der Waals surface area contributed by atoms with Gasteiger partial charge in [0.2, 0.25) is 10.0 Å². The molecule has 1 aliphatic rings. The van der Waals surface area contributed by atoms with E-state index in [4.69, 9.17) is 0 Å². The second kappa shape index (κ2) is 4.78. The van der Waals surface area contributed by atoms with Crippen LogP contribution in [0.25, 0.3) is 0 Å². The highest BCUT2D eigenvalue weighted by Crippen LogP contribution is 2.25. The molecule has 0 aliphatic carbocycles. The topological polar surface area (TPSA) is 37.4 Å². The third kappa shape index (κ3) is 2.53. The molecule has 0 aromatic heterocycles. The molecule has 0 fully saturated rings. The van der Waals surface area contributed by atoms with Crippen molar-refractivity contribution in [2.45, 2.75) is 39.3 Å². The lowest BCUT2D eigenvalue weighted by Crippen LogP contribution is -2.43. The van der Waals surface area contributed by atoms with Crippen LogP contribution in [0.4, 0.5) is 0 Å². The molecule has 0 N–H and O–H groups in total. The van der Waals surface area contributed by atoms with E-state index < -0.39 is 10.0 Å². The highest BCUT2D eigenvalue weighted by atomic mass is 32.2. The number of rotatable bonds is 3. The summed E-state index contributed by atoms with van der Waals surface area (Å²) in [5.74, 6) is 0.250. The van der Waals surface area contributed by atoms with Gasteiger partial charge in [0.1, 0.15) is 0 Å². The standard InChI is InChI=1S/C13H19NO2S/c1-3-8-17(15,16)14-10-13-7-5-4-6-12(13)9-11(14)2/h4-7,11H,3,8-10H2,1-2H3. The van der Waals surface area contributed by atoms with Crippen LogP contribution in [0.1, 0.15) is 31.4 Å². The molecule has 1 aliphatic heterocycles. The predicted molar refractivity (Wildman–Crippen MR) is 69.2 cm³/mol. The Morgan fingerprint density at radius 1 is 1.29 bits per heavy atom. The third-order valence-corrected chi connectivity index (χ3v) is 5.40. The maximum absolute atomic E-state index is 12.1. The van der Waals surface area contributed by atoms with Crippen molar-refractivity contribution in [1.82, 2.24) is 4.31 Å². The number of sulfonamides is 1. The van der Waals surface area contributed by atoms with Crippen LogP contribution in [-0.2, 0) is 23.0 Å². The Balaban J connectivity index is 2.29. The maximum Gasteiger partial charge on any atom is 0.214 e. The minimum atomic E-state index is -3.09. The van der Waals surface area contributed by atoms with E-state index in [-0.39, 0.29) is 11.8 Å². The Morgan fingerprint density at radius 2 is 1.94 bits per heavy atom. The fourth-order valence-corrected chi connectivity index (χ4v) is 4.11. The summed E-state index contributed by atoms with van der Waals surface area (Å²) in [6.07, 6.45) is 1.49. The van der Waals surface area contributed by atoms with E-state index in [9.17, 15) is 8.42 Å². The Kier molecular flexibility index (Phi) is 3.54. The van der Waals surface area contributed by atoms with Crippen molar-refractivity contribution in [3.63, 3.8) is 0 Å².